The zero-order valence-corrected chi connectivity index (χ0v) is 34.3. The van der Waals surface area contributed by atoms with Gasteiger partial charge in [-0.25, -0.2) is 20.2 Å². The molecule has 0 bridgehead atoms. The lowest BCUT2D eigenvalue weighted by molar-refractivity contribution is 0.103. The quantitative estimate of drug-likeness (QED) is 0.101. The van der Waals surface area contributed by atoms with Crippen molar-refractivity contribution in [2.24, 2.45) is 0 Å². The second-order valence-electron chi connectivity index (χ2n) is 16.3. The Balaban J connectivity index is 1.08. The Morgan fingerprint density at radius 3 is 1.64 bits per heavy atom. The summed E-state index contributed by atoms with van der Waals surface area (Å²) in [6, 6.07) is 23.2. The summed E-state index contributed by atoms with van der Waals surface area (Å²) < 4.78 is 2.51. The van der Waals surface area contributed by atoms with E-state index in [1.54, 1.807) is 34.8 Å². The van der Waals surface area contributed by atoms with Crippen molar-refractivity contribution < 1.29 is 9.59 Å². The first-order chi connectivity index (χ1) is 28.9. The normalized spacial score (nSPS) is 22.2. The van der Waals surface area contributed by atoms with Crippen LogP contribution in [-0.2, 0) is 10.8 Å². The molecule has 0 radical (unpaired) electrons. The zero-order valence-electron chi connectivity index (χ0n) is 31.8. The van der Waals surface area contributed by atoms with E-state index >= 15 is 0 Å². The molecule has 0 N–H and O–H groups in total. The summed E-state index contributed by atoms with van der Waals surface area (Å²) >= 11 is 5.40. The summed E-state index contributed by atoms with van der Waals surface area (Å²) in [7, 11) is 0. The number of Topliss-reactive ketones (excluding diaryl/α,β-unsaturated/α-hetero) is 2. The third-order valence-electron chi connectivity index (χ3n) is 13.6. The van der Waals surface area contributed by atoms with Gasteiger partial charge < -0.3 is 0 Å². The van der Waals surface area contributed by atoms with Gasteiger partial charge in [-0.05, 0) is 83.4 Å². The molecule has 2 saturated carbocycles. The van der Waals surface area contributed by atoms with E-state index in [-0.39, 0.29) is 33.8 Å². The van der Waals surface area contributed by atoms with Crippen molar-refractivity contribution in [2.75, 3.05) is 0 Å². The number of benzene rings is 2. The van der Waals surface area contributed by atoms with E-state index in [9.17, 15) is 20.1 Å². The molecule has 6 aliphatic rings. The number of nitrogens with zero attached hydrogens (tertiary/aromatic N) is 4. The van der Waals surface area contributed by atoms with Crippen LogP contribution >= 0.6 is 34.0 Å². The molecule has 3 heterocycles. The van der Waals surface area contributed by atoms with Gasteiger partial charge in [0.1, 0.15) is 0 Å². The van der Waals surface area contributed by atoms with Gasteiger partial charge in [0.05, 0.1) is 30.0 Å². The number of fused-ring (bicyclic) bond motifs is 12. The Morgan fingerprint density at radius 2 is 1.12 bits per heavy atom. The maximum Gasteiger partial charge on any atom is 0.270 e. The molecule has 282 valence electrons. The molecule has 2 spiro atoms. The highest BCUT2D eigenvalue weighted by Gasteiger charge is 2.59. The third-order valence-corrected chi connectivity index (χ3v) is 17.1. The van der Waals surface area contributed by atoms with E-state index in [4.69, 9.17) is 13.1 Å². The van der Waals surface area contributed by atoms with Gasteiger partial charge in [0, 0.05) is 68.5 Å². The second kappa shape index (κ2) is 13.2. The highest BCUT2D eigenvalue weighted by atomic mass is 32.1. The second-order valence-corrected chi connectivity index (χ2v) is 19.6. The minimum Gasteiger partial charge on any atom is -0.289 e. The van der Waals surface area contributed by atoms with Crippen LogP contribution in [0.3, 0.4) is 0 Å². The maximum atomic E-state index is 14.0. The van der Waals surface area contributed by atoms with Crippen molar-refractivity contribution >= 4 is 89.4 Å². The summed E-state index contributed by atoms with van der Waals surface area (Å²) in [5, 5.41) is 19.9. The molecule has 2 aromatic carbocycles. The van der Waals surface area contributed by atoms with Crippen molar-refractivity contribution in [3.63, 3.8) is 0 Å². The Hall–Kier alpha value is -6.20. The van der Waals surface area contributed by atoms with E-state index in [1.165, 1.54) is 54.3 Å². The van der Waals surface area contributed by atoms with Gasteiger partial charge in [-0.3, -0.25) is 9.59 Å². The maximum absolute atomic E-state index is 14.0. The van der Waals surface area contributed by atoms with Gasteiger partial charge in [0.25, 0.3) is 11.4 Å². The first-order valence-corrected chi connectivity index (χ1v) is 22.6. The average Bonchev–Trinajstić information content (AvgIpc) is 4.12. The minimum absolute atomic E-state index is 0.0604. The molecule has 0 amide bonds. The van der Waals surface area contributed by atoms with Crippen LogP contribution < -0.4 is 0 Å². The van der Waals surface area contributed by atoms with E-state index in [0.717, 1.165) is 61.1 Å². The Kier molecular flexibility index (Phi) is 8.01. The van der Waals surface area contributed by atoms with Crippen molar-refractivity contribution in [1.82, 2.24) is 0 Å². The van der Waals surface area contributed by atoms with Crippen LogP contribution in [0, 0.1) is 35.8 Å². The van der Waals surface area contributed by atoms with Crippen LogP contribution in [-0.4, -0.2) is 11.6 Å². The van der Waals surface area contributed by atoms with Crippen molar-refractivity contribution in [1.29, 1.82) is 10.5 Å². The van der Waals surface area contributed by atoms with Gasteiger partial charge in [-0.2, -0.15) is 0 Å². The lowest BCUT2D eigenvalue weighted by Crippen LogP contribution is -2.28. The largest absolute Gasteiger partial charge is 0.289 e. The summed E-state index contributed by atoms with van der Waals surface area (Å²) in [5.74, 6) is -0.299. The number of rotatable bonds is 2. The number of hydrogen-bond acceptors (Lipinski definition) is 7. The molecule has 5 aromatic rings. The van der Waals surface area contributed by atoms with Crippen molar-refractivity contribution in [3.8, 4) is 12.1 Å². The molecular weight excluding hydrogens is 785 g/mol. The number of thiophene rings is 3. The Bertz CT molecular complexity index is 3120. The van der Waals surface area contributed by atoms with Crippen LogP contribution in [0.15, 0.2) is 83.2 Å². The molecule has 0 unspecified atom stereocenters. The molecule has 0 saturated heterocycles. The molecule has 3 aromatic heterocycles. The highest BCUT2D eigenvalue weighted by molar-refractivity contribution is 7.29. The number of ketones is 2. The lowest BCUT2D eigenvalue weighted by Gasteiger charge is -2.37. The van der Waals surface area contributed by atoms with Crippen LogP contribution in [0.25, 0.3) is 53.5 Å². The fourth-order valence-corrected chi connectivity index (χ4v) is 15.6. The summed E-state index contributed by atoms with van der Waals surface area (Å²) in [5.41, 5.74) is 9.53. The molecule has 6 nitrogen and oxygen atoms in total. The molecule has 59 heavy (non-hydrogen) atoms. The van der Waals surface area contributed by atoms with Crippen molar-refractivity contribution in [2.45, 2.75) is 75.0 Å². The molecule has 11 rings (SSSR count). The van der Waals surface area contributed by atoms with Gasteiger partial charge in [0.2, 0.25) is 0 Å². The Morgan fingerprint density at radius 1 is 0.627 bits per heavy atom. The smallest absolute Gasteiger partial charge is 0.270 e. The lowest BCUT2D eigenvalue weighted by atomic mass is 9.67. The van der Waals surface area contributed by atoms with E-state index in [0.29, 0.717) is 44.5 Å². The van der Waals surface area contributed by atoms with Crippen molar-refractivity contribution in [3.05, 3.63) is 159 Å². The van der Waals surface area contributed by atoms with Crippen LogP contribution in [0.1, 0.15) is 127 Å². The Labute approximate surface area is 353 Å². The van der Waals surface area contributed by atoms with E-state index in [2.05, 4.69) is 34.0 Å². The SMILES string of the molecule is [C-]#[N+]C(C#N)=C1/C(=C\c2cc3sc4c(c3s2)C2(CCCCC2)C2=C4C3(CCCCC3)c3cc(/C=C4\C(=O)c5ccccc5\C4=C(\C#N)[N+]#[C-])sc32)C(=O)c2ccccc21. The topological polar surface area (TPSA) is 90.4 Å². The first-order valence-electron chi connectivity index (χ1n) is 20.1. The molecule has 6 aliphatic carbocycles. The van der Waals surface area contributed by atoms with E-state index < -0.39 is 0 Å². The molecule has 0 atom stereocenters. The van der Waals surface area contributed by atoms with Gasteiger partial charge >= 0.3 is 0 Å². The zero-order chi connectivity index (χ0) is 40.2. The highest BCUT2D eigenvalue weighted by Crippen LogP contribution is 2.73. The summed E-state index contributed by atoms with van der Waals surface area (Å²) in [4.78, 5) is 39.6. The molecular formula is C50H32N4O2S3. The minimum atomic E-state index is -0.155. The number of hydrogen-bond donors (Lipinski definition) is 0. The van der Waals surface area contributed by atoms with Crippen LogP contribution in [0.4, 0.5) is 0 Å². The molecule has 9 heteroatoms. The molecule has 2 fully saturated rings. The number of allylic oxidation sites excluding steroid dienone is 8. The molecule has 0 aliphatic heterocycles. The average molecular weight is 817 g/mol. The fraction of sp³-hybridized carbons (Fsp3) is 0.240. The monoisotopic (exact) mass is 816 g/mol. The first kappa shape index (κ1) is 35.9. The van der Waals surface area contributed by atoms with Crippen LogP contribution in [0.5, 0.6) is 0 Å². The van der Waals surface area contributed by atoms with Gasteiger partial charge in [-0.15, -0.1) is 34.0 Å². The summed E-state index contributed by atoms with van der Waals surface area (Å²) in [6.07, 6.45) is 15.2. The predicted molar refractivity (Wildman–Crippen MR) is 236 cm³/mol. The fourth-order valence-electron chi connectivity index (χ4n) is 11.3. The third kappa shape index (κ3) is 4.79. The number of nitriles is 2. The predicted octanol–water partition coefficient (Wildman–Crippen LogP) is 13.2. The summed E-state index contributed by atoms with van der Waals surface area (Å²) in [6.45, 7) is 15.6. The number of carbonyl (C=O) groups is 2. The van der Waals surface area contributed by atoms with Gasteiger partial charge in [-0.1, -0.05) is 87.1 Å². The van der Waals surface area contributed by atoms with Crippen LogP contribution in [0.2, 0.25) is 0 Å². The number of carbonyl (C=O) groups excluding carboxylic acids is 2. The van der Waals surface area contributed by atoms with E-state index in [1.807, 2.05) is 59.9 Å². The van der Waals surface area contributed by atoms with Gasteiger partial charge in [0.15, 0.2) is 11.6 Å². The standard InChI is InChI=1S/C50H32N4O2S3/c1-53-36(25-51)39-29-13-5-7-15-31(29)44(55)33(39)21-27-23-35-46(57-27)41-42(49(35)17-9-3-10-18-49)48-43(50(41)19-11-4-12-20-50)47-38(59-48)24-28(58-47)22-34-40(37(26-52)54-2)30-14-6-8-16-32(30)45(34)56/h5-8,13-16,21-24H,3-4,9-12,17-20H2/b33-21-,34-22+,39-36+,40-37?.